The Bertz CT molecular complexity index is 903. The lowest BCUT2D eigenvalue weighted by Gasteiger charge is -2.26. The molecule has 7 heteroatoms. The van der Waals surface area contributed by atoms with Crippen LogP contribution in [-0.4, -0.2) is 38.4 Å². The van der Waals surface area contributed by atoms with Crippen molar-refractivity contribution < 1.29 is 19.8 Å². The lowest BCUT2D eigenvalue weighted by atomic mass is 10.2. The second kappa shape index (κ2) is 9.76. The zero-order chi connectivity index (χ0) is 19.6. The van der Waals surface area contributed by atoms with E-state index in [4.69, 9.17) is 10.2 Å². The number of pyridine rings is 1. The smallest absolute Gasteiger partial charge is 0.328 e. The van der Waals surface area contributed by atoms with Crippen LogP contribution >= 0.6 is 0 Å². The molecule has 0 aliphatic heterocycles. The van der Waals surface area contributed by atoms with Crippen LogP contribution in [0.25, 0.3) is 10.9 Å². The molecule has 7 nitrogen and oxygen atoms in total. The van der Waals surface area contributed by atoms with Gasteiger partial charge in [-0.1, -0.05) is 25.1 Å². The minimum Gasteiger partial charge on any atom is -0.478 e. The third-order valence-corrected chi connectivity index (χ3v) is 3.60. The van der Waals surface area contributed by atoms with Gasteiger partial charge in [-0.2, -0.15) is 0 Å². The van der Waals surface area contributed by atoms with Crippen LogP contribution in [0.1, 0.15) is 13.3 Å². The van der Waals surface area contributed by atoms with E-state index < -0.39 is 11.9 Å². The van der Waals surface area contributed by atoms with Crippen molar-refractivity contribution in [3.63, 3.8) is 0 Å². The average molecular weight is 367 g/mol. The summed E-state index contributed by atoms with van der Waals surface area (Å²) in [5, 5.41) is 19.2. The first-order valence-corrected chi connectivity index (χ1v) is 8.40. The van der Waals surface area contributed by atoms with Gasteiger partial charge in [-0.25, -0.2) is 9.59 Å². The second-order valence-electron chi connectivity index (χ2n) is 5.56. The van der Waals surface area contributed by atoms with Gasteiger partial charge in [-0.15, -0.1) is 0 Å². The molecule has 0 unspecified atom stereocenters. The fourth-order valence-corrected chi connectivity index (χ4v) is 2.51. The van der Waals surface area contributed by atoms with Crippen molar-refractivity contribution in [1.29, 1.82) is 0 Å². The number of carboxylic acid groups (broad SMARTS) is 2. The number of nitrogens with zero attached hydrogens (tertiary/aromatic N) is 3. The summed E-state index contributed by atoms with van der Waals surface area (Å²) < 4.78 is 2.22. The van der Waals surface area contributed by atoms with Crippen molar-refractivity contribution in [1.82, 2.24) is 9.66 Å². The Labute approximate surface area is 156 Å². The van der Waals surface area contributed by atoms with E-state index in [-0.39, 0.29) is 0 Å². The van der Waals surface area contributed by atoms with E-state index in [1.807, 2.05) is 24.5 Å². The molecule has 2 aromatic heterocycles. The van der Waals surface area contributed by atoms with E-state index >= 15 is 0 Å². The molecule has 27 heavy (non-hydrogen) atoms. The minimum absolute atomic E-state index is 0.558. The van der Waals surface area contributed by atoms with E-state index in [2.05, 4.69) is 58.1 Å². The Hall–Kier alpha value is -3.61. The highest BCUT2D eigenvalue weighted by molar-refractivity contribution is 5.89. The standard InChI is InChI=1S/C16H17N3.C4H4O4/c1-2-12-18(15-7-10-17-11-8-15)19-13-9-14-5-3-4-6-16(14)19;5-3(6)1-2-4(7)8/h3-11,13H,2,12H2,1H3;1-2H,(H,5,6)(H,7,8)/b;2-1-. The highest BCUT2D eigenvalue weighted by atomic mass is 16.4. The van der Waals surface area contributed by atoms with Crippen LogP contribution < -0.4 is 5.01 Å². The maximum absolute atomic E-state index is 9.55. The van der Waals surface area contributed by atoms with Gasteiger partial charge in [0.2, 0.25) is 0 Å². The molecule has 0 spiro atoms. The number of fused-ring (bicyclic) bond motifs is 1. The van der Waals surface area contributed by atoms with Crippen molar-refractivity contribution in [3.05, 3.63) is 73.2 Å². The molecule has 1 aromatic carbocycles. The number of hydrogen-bond donors (Lipinski definition) is 2. The molecule has 3 aromatic rings. The van der Waals surface area contributed by atoms with Crippen LogP contribution in [-0.2, 0) is 9.59 Å². The number of benzene rings is 1. The molecular weight excluding hydrogens is 346 g/mol. The van der Waals surface area contributed by atoms with Gasteiger partial charge in [-0.3, -0.25) is 14.7 Å². The Kier molecular flexibility index (Phi) is 7.13. The number of anilines is 1. The molecule has 2 heterocycles. The number of para-hydroxylation sites is 1. The number of hydrogen-bond acceptors (Lipinski definition) is 4. The van der Waals surface area contributed by atoms with Crippen molar-refractivity contribution in [2.24, 2.45) is 0 Å². The summed E-state index contributed by atoms with van der Waals surface area (Å²) in [5.74, 6) is -2.51. The Balaban J connectivity index is 0.000000279. The van der Waals surface area contributed by atoms with Crippen LogP contribution in [0.5, 0.6) is 0 Å². The lowest BCUT2D eigenvalue weighted by molar-refractivity contribution is -0.134. The third kappa shape index (κ3) is 5.71. The summed E-state index contributed by atoms with van der Waals surface area (Å²) in [6.45, 7) is 3.17. The number of rotatable bonds is 6. The van der Waals surface area contributed by atoms with Crippen molar-refractivity contribution in [2.45, 2.75) is 13.3 Å². The summed E-state index contributed by atoms with van der Waals surface area (Å²) >= 11 is 0. The van der Waals surface area contributed by atoms with Gasteiger partial charge in [0, 0.05) is 42.7 Å². The number of aliphatic carboxylic acids is 2. The van der Waals surface area contributed by atoms with E-state index in [0.29, 0.717) is 12.2 Å². The molecule has 0 aliphatic rings. The summed E-state index contributed by atoms with van der Waals surface area (Å²) in [4.78, 5) is 23.2. The van der Waals surface area contributed by atoms with E-state index in [1.165, 1.54) is 16.6 Å². The van der Waals surface area contributed by atoms with Crippen molar-refractivity contribution >= 4 is 28.5 Å². The van der Waals surface area contributed by atoms with Crippen LogP contribution in [0.4, 0.5) is 5.69 Å². The monoisotopic (exact) mass is 367 g/mol. The molecule has 3 rings (SSSR count). The Morgan fingerprint density at radius 1 is 1.04 bits per heavy atom. The molecule has 0 bridgehead atoms. The number of carboxylic acids is 2. The molecule has 0 fully saturated rings. The van der Waals surface area contributed by atoms with Gasteiger partial charge in [0.05, 0.1) is 11.2 Å². The quantitative estimate of drug-likeness (QED) is 0.648. The van der Waals surface area contributed by atoms with E-state index in [0.717, 1.165) is 13.0 Å². The van der Waals surface area contributed by atoms with E-state index in [9.17, 15) is 9.59 Å². The predicted molar refractivity (Wildman–Crippen MR) is 104 cm³/mol. The van der Waals surface area contributed by atoms with Gasteiger partial charge >= 0.3 is 11.9 Å². The molecule has 2 N–H and O–H groups in total. The Morgan fingerprint density at radius 2 is 1.67 bits per heavy atom. The largest absolute Gasteiger partial charge is 0.478 e. The molecule has 0 aliphatic carbocycles. The molecular formula is C20H21N3O4. The molecule has 0 saturated carbocycles. The third-order valence-electron chi connectivity index (χ3n) is 3.60. The maximum atomic E-state index is 9.55. The SMILES string of the molecule is CCCN(c1ccncc1)n1ccc2ccccc21.O=C(O)/C=C\C(=O)O. The van der Waals surface area contributed by atoms with Gasteiger partial charge in [0.1, 0.15) is 0 Å². The normalized spacial score (nSPS) is 10.4. The van der Waals surface area contributed by atoms with Gasteiger partial charge in [0.15, 0.2) is 0 Å². The zero-order valence-electron chi connectivity index (χ0n) is 14.9. The van der Waals surface area contributed by atoms with Crippen LogP contribution in [0, 0.1) is 0 Å². The molecule has 0 amide bonds. The van der Waals surface area contributed by atoms with Crippen LogP contribution in [0.2, 0.25) is 0 Å². The van der Waals surface area contributed by atoms with E-state index in [1.54, 1.807) is 0 Å². The van der Waals surface area contributed by atoms with Crippen LogP contribution in [0.3, 0.4) is 0 Å². The fourth-order valence-electron chi connectivity index (χ4n) is 2.51. The van der Waals surface area contributed by atoms with Crippen LogP contribution in [0.15, 0.2) is 73.2 Å². The van der Waals surface area contributed by atoms with Crippen molar-refractivity contribution in [2.75, 3.05) is 11.6 Å². The topological polar surface area (TPSA) is 95.7 Å². The molecule has 140 valence electrons. The average Bonchev–Trinajstić information content (AvgIpc) is 3.09. The highest BCUT2D eigenvalue weighted by Crippen LogP contribution is 2.21. The summed E-state index contributed by atoms with van der Waals surface area (Å²) in [7, 11) is 0. The number of carbonyl (C=O) groups is 2. The summed E-state index contributed by atoms with van der Waals surface area (Å²) in [6, 6.07) is 14.7. The first-order valence-electron chi connectivity index (χ1n) is 8.40. The first-order chi connectivity index (χ1) is 13.0. The second-order valence-corrected chi connectivity index (χ2v) is 5.56. The summed E-state index contributed by atoms with van der Waals surface area (Å²) in [6.07, 6.45) is 8.01. The molecule has 0 atom stereocenters. The predicted octanol–water partition coefficient (Wildman–Crippen LogP) is 3.43. The minimum atomic E-state index is -1.26. The molecule has 0 saturated heterocycles. The van der Waals surface area contributed by atoms with Gasteiger partial charge < -0.3 is 10.2 Å². The summed E-state index contributed by atoms with van der Waals surface area (Å²) in [5.41, 5.74) is 2.39. The number of aromatic nitrogens is 2. The first kappa shape index (κ1) is 19.7. The van der Waals surface area contributed by atoms with Crippen molar-refractivity contribution in [3.8, 4) is 0 Å². The van der Waals surface area contributed by atoms with Gasteiger partial charge in [-0.05, 0) is 30.7 Å². The fraction of sp³-hybridized carbons (Fsp3) is 0.150. The Morgan fingerprint density at radius 3 is 2.26 bits per heavy atom. The maximum Gasteiger partial charge on any atom is 0.328 e. The zero-order valence-corrected chi connectivity index (χ0v) is 14.9. The lowest BCUT2D eigenvalue weighted by Crippen LogP contribution is -2.29. The highest BCUT2D eigenvalue weighted by Gasteiger charge is 2.09. The van der Waals surface area contributed by atoms with Gasteiger partial charge in [0.25, 0.3) is 0 Å². The molecule has 0 radical (unpaired) electrons.